The average molecular weight is 606 g/mol. The fourth-order valence-corrected chi connectivity index (χ4v) is 5.81. The van der Waals surface area contributed by atoms with Crippen molar-refractivity contribution in [2.24, 2.45) is 4.99 Å². The van der Waals surface area contributed by atoms with Crippen LogP contribution in [0.15, 0.2) is 92.6 Å². The van der Waals surface area contributed by atoms with Gasteiger partial charge in [0.05, 0.1) is 37.8 Å². The maximum absolute atomic E-state index is 13.9. The fraction of sp³-hybridized carbons (Fsp3) is 0.107. The predicted octanol–water partition coefficient (Wildman–Crippen LogP) is 4.31. The second-order valence-corrected chi connectivity index (χ2v) is 10.3. The number of hydrogen-bond acceptors (Lipinski definition) is 8. The van der Waals surface area contributed by atoms with Crippen molar-refractivity contribution in [3.8, 4) is 5.75 Å². The molecule has 0 radical (unpaired) electrons. The van der Waals surface area contributed by atoms with Crippen LogP contribution in [0.5, 0.6) is 5.75 Å². The van der Waals surface area contributed by atoms with Gasteiger partial charge in [-0.25, -0.2) is 9.79 Å². The van der Waals surface area contributed by atoms with Crippen LogP contribution in [0.1, 0.15) is 29.7 Å². The molecule has 0 amide bonds. The Labute approximate surface area is 233 Å². The van der Waals surface area contributed by atoms with Gasteiger partial charge in [-0.2, -0.15) is 0 Å². The summed E-state index contributed by atoms with van der Waals surface area (Å²) in [4.78, 5) is 43.1. The Hall–Kier alpha value is -4.35. The molecule has 0 aliphatic carbocycles. The van der Waals surface area contributed by atoms with Gasteiger partial charge in [-0.1, -0.05) is 72.0 Å². The standard InChI is InChI=1S/C28H20BrN3O6S/c1-2-38-27(35)22-23(16-9-5-3-6-10-16)30-28-31(24(22)17-11-7-4-8-12-17)26(34)21(39-28)14-18-13-19(32(36)37)15-20(29)25(18)33/h3-15,24,33H,2H2,1H3/b21-14-/t24-/m0/s1. The second-order valence-electron chi connectivity index (χ2n) is 8.46. The Bertz CT molecular complexity index is 1810. The van der Waals surface area contributed by atoms with Crippen LogP contribution in [-0.2, 0) is 9.53 Å². The Kier molecular flexibility index (Phi) is 7.27. The monoisotopic (exact) mass is 605 g/mol. The summed E-state index contributed by atoms with van der Waals surface area (Å²) < 4.78 is 7.15. The molecule has 2 heterocycles. The minimum atomic E-state index is -0.843. The predicted molar refractivity (Wildman–Crippen MR) is 150 cm³/mol. The molecule has 1 aliphatic heterocycles. The van der Waals surface area contributed by atoms with E-state index in [1.165, 1.54) is 22.8 Å². The molecule has 1 N–H and O–H groups in total. The molecule has 3 aromatic carbocycles. The number of ether oxygens (including phenoxy) is 1. The number of nitro benzene ring substituents is 1. The number of thiazole rings is 1. The molecule has 11 heteroatoms. The molecule has 9 nitrogen and oxygen atoms in total. The molecule has 0 saturated heterocycles. The number of phenolic OH excluding ortho intramolecular Hbond substituents is 1. The van der Waals surface area contributed by atoms with Crippen LogP contribution >= 0.6 is 27.3 Å². The quantitative estimate of drug-likeness (QED) is 0.198. The Morgan fingerprint density at radius 1 is 1.18 bits per heavy atom. The van der Waals surface area contributed by atoms with Crippen LogP contribution in [0.2, 0.25) is 0 Å². The summed E-state index contributed by atoms with van der Waals surface area (Å²) in [6.07, 6.45) is 1.38. The van der Waals surface area contributed by atoms with E-state index in [1.807, 2.05) is 60.7 Å². The number of halogens is 1. The van der Waals surface area contributed by atoms with Gasteiger partial charge in [0.15, 0.2) is 4.80 Å². The van der Waals surface area contributed by atoms with E-state index in [1.54, 1.807) is 6.92 Å². The van der Waals surface area contributed by atoms with Gasteiger partial charge in [0.2, 0.25) is 0 Å². The lowest BCUT2D eigenvalue weighted by molar-refractivity contribution is -0.385. The SMILES string of the molecule is CCOC(=O)C1=C(c2ccccc2)N=c2s/c(=C\c3cc([N+](=O)[O-])cc(Br)c3O)c(=O)n2[C@H]1c1ccccc1. The number of carbonyl (C=O) groups excluding carboxylic acids is 1. The molecule has 0 fully saturated rings. The molecule has 0 unspecified atom stereocenters. The summed E-state index contributed by atoms with van der Waals surface area (Å²) in [5.41, 5.74) is 1.33. The van der Waals surface area contributed by atoms with Crippen molar-refractivity contribution < 1.29 is 19.6 Å². The third kappa shape index (κ3) is 4.93. The largest absolute Gasteiger partial charge is 0.506 e. The number of aromatic hydroxyl groups is 1. The van der Waals surface area contributed by atoms with Gasteiger partial charge in [-0.3, -0.25) is 19.5 Å². The van der Waals surface area contributed by atoms with Crippen LogP contribution in [-0.4, -0.2) is 27.2 Å². The summed E-state index contributed by atoms with van der Waals surface area (Å²) in [6, 6.07) is 19.8. The number of phenols is 1. The lowest BCUT2D eigenvalue weighted by Gasteiger charge is -2.25. The van der Waals surface area contributed by atoms with Crippen molar-refractivity contribution in [3.63, 3.8) is 0 Å². The normalized spacial score (nSPS) is 15.0. The van der Waals surface area contributed by atoms with Crippen molar-refractivity contribution in [2.45, 2.75) is 13.0 Å². The summed E-state index contributed by atoms with van der Waals surface area (Å²) in [5, 5.41) is 21.9. The number of rotatable bonds is 6. The highest BCUT2D eigenvalue weighted by atomic mass is 79.9. The number of fused-ring (bicyclic) bond motifs is 1. The third-order valence-electron chi connectivity index (χ3n) is 6.06. The lowest BCUT2D eigenvalue weighted by Crippen LogP contribution is -2.40. The first-order valence-corrected chi connectivity index (χ1v) is 13.4. The first-order valence-electron chi connectivity index (χ1n) is 11.8. The van der Waals surface area contributed by atoms with Crippen molar-refractivity contribution >= 4 is 50.7 Å². The van der Waals surface area contributed by atoms with Crippen molar-refractivity contribution in [1.29, 1.82) is 0 Å². The van der Waals surface area contributed by atoms with E-state index in [0.717, 1.165) is 11.3 Å². The molecule has 39 heavy (non-hydrogen) atoms. The second kappa shape index (κ2) is 10.8. The highest BCUT2D eigenvalue weighted by molar-refractivity contribution is 9.10. The molecule has 196 valence electrons. The number of aromatic nitrogens is 1. The van der Waals surface area contributed by atoms with Gasteiger partial charge in [-0.05, 0) is 34.5 Å². The van der Waals surface area contributed by atoms with E-state index in [0.29, 0.717) is 21.6 Å². The molecule has 1 aliphatic rings. The number of nitro groups is 1. The average Bonchev–Trinajstić information content (AvgIpc) is 3.25. The van der Waals surface area contributed by atoms with Crippen LogP contribution in [0.4, 0.5) is 5.69 Å². The van der Waals surface area contributed by atoms with Crippen molar-refractivity contribution in [2.75, 3.05) is 6.61 Å². The first-order chi connectivity index (χ1) is 18.8. The van der Waals surface area contributed by atoms with Crippen LogP contribution in [0.3, 0.4) is 0 Å². The molecular weight excluding hydrogens is 586 g/mol. The molecule has 5 rings (SSSR count). The van der Waals surface area contributed by atoms with E-state index in [-0.39, 0.29) is 38.2 Å². The zero-order valence-electron chi connectivity index (χ0n) is 20.4. The van der Waals surface area contributed by atoms with Crippen LogP contribution < -0.4 is 14.9 Å². The molecule has 4 aromatic rings. The Balaban J connectivity index is 1.83. The number of nitrogens with zero attached hydrogens (tertiary/aromatic N) is 3. The van der Waals surface area contributed by atoms with Crippen LogP contribution in [0, 0.1) is 10.1 Å². The molecule has 0 saturated carbocycles. The van der Waals surface area contributed by atoms with Gasteiger partial charge in [-0.15, -0.1) is 0 Å². The minimum Gasteiger partial charge on any atom is -0.506 e. The smallest absolute Gasteiger partial charge is 0.338 e. The maximum Gasteiger partial charge on any atom is 0.338 e. The fourth-order valence-electron chi connectivity index (χ4n) is 4.35. The third-order valence-corrected chi connectivity index (χ3v) is 7.65. The van der Waals surface area contributed by atoms with Gasteiger partial charge < -0.3 is 9.84 Å². The number of hydrogen-bond donors (Lipinski definition) is 1. The number of benzene rings is 3. The molecular formula is C28H20BrN3O6S. The van der Waals surface area contributed by atoms with Gasteiger partial charge in [0, 0.05) is 23.3 Å². The Morgan fingerprint density at radius 2 is 1.85 bits per heavy atom. The van der Waals surface area contributed by atoms with E-state index < -0.39 is 22.5 Å². The number of carbonyl (C=O) groups is 1. The summed E-state index contributed by atoms with van der Waals surface area (Å²) in [6.45, 7) is 1.84. The number of non-ortho nitro benzene ring substituents is 1. The highest BCUT2D eigenvalue weighted by Gasteiger charge is 2.35. The summed E-state index contributed by atoms with van der Waals surface area (Å²) in [5.74, 6) is -0.841. The Morgan fingerprint density at radius 3 is 2.49 bits per heavy atom. The van der Waals surface area contributed by atoms with E-state index in [9.17, 15) is 24.8 Å². The summed E-state index contributed by atoms with van der Waals surface area (Å²) in [7, 11) is 0. The molecule has 0 bridgehead atoms. The minimum absolute atomic E-state index is 0.0884. The molecule has 1 aromatic heterocycles. The zero-order valence-corrected chi connectivity index (χ0v) is 22.8. The van der Waals surface area contributed by atoms with Crippen molar-refractivity contribution in [3.05, 3.63) is 129 Å². The van der Waals surface area contributed by atoms with Gasteiger partial charge >= 0.3 is 5.97 Å². The van der Waals surface area contributed by atoms with E-state index in [2.05, 4.69) is 15.9 Å². The maximum atomic E-state index is 13.9. The molecule has 1 atom stereocenters. The van der Waals surface area contributed by atoms with E-state index in [4.69, 9.17) is 9.73 Å². The van der Waals surface area contributed by atoms with E-state index >= 15 is 0 Å². The first kappa shape index (κ1) is 26.3. The summed E-state index contributed by atoms with van der Waals surface area (Å²) >= 11 is 4.19. The highest BCUT2D eigenvalue weighted by Crippen LogP contribution is 2.35. The van der Waals surface area contributed by atoms with Gasteiger partial charge in [0.25, 0.3) is 11.2 Å². The topological polar surface area (TPSA) is 124 Å². The zero-order chi connectivity index (χ0) is 27.7. The lowest BCUT2D eigenvalue weighted by atomic mass is 9.93. The number of esters is 1. The van der Waals surface area contributed by atoms with Crippen molar-refractivity contribution in [1.82, 2.24) is 4.57 Å². The van der Waals surface area contributed by atoms with Gasteiger partial charge in [0.1, 0.15) is 5.75 Å². The van der Waals surface area contributed by atoms with Crippen LogP contribution in [0.25, 0.3) is 11.8 Å². The molecule has 0 spiro atoms.